The lowest BCUT2D eigenvalue weighted by atomic mass is 10.1. The number of nitrogens with two attached hydrogens (primary N) is 1. The van der Waals surface area contributed by atoms with Gasteiger partial charge in [0.25, 0.3) is 0 Å². The molecule has 17 heavy (non-hydrogen) atoms. The zero-order valence-corrected chi connectivity index (χ0v) is 9.94. The van der Waals surface area contributed by atoms with Crippen LogP contribution in [0.1, 0.15) is 28.1 Å². The van der Waals surface area contributed by atoms with E-state index in [0.717, 1.165) is 24.2 Å². The van der Waals surface area contributed by atoms with Crippen molar-refractivity contribution >= 4 is 27.8 Å². The van der Waals surface area contributed by atoms with Crippen LogP contribution >= 0.6 is 11.3 Å². The Bertz CT molecular complexity index is 488. The molecule has 1 fully saturated rings. The van der Waals surface area contributed by atoms with Crippen LogP contribution in [0, 0.1) is 17.2 Å². The molecule has 0 atom stereocenters. The van der Waals surface area contributed by atoms with Crippen LogP contribution in [0.15, 0.2) is 0 Å². The Morgan fingerprint density at radius 2 is 2.35 bits per heavy atom. The standard InChI is InChI=1S/C11H12FN3OS/c12-3-4-15-11-7(5-13)8(14)10(17-11)9(16)6-1-2-6/h6,15H,1-4,14H2. The molecule has 0 saturated heterocycles. The van der Waals surface area contributed by atoms with Crippen molar-refractivity contribution < 1.29 is 9.18 Å². The second kappa shape index (κ2) is 4.72. The molecule has 1 aromatic rings. The van der Waals surface area contributed by atoms with Gasteiger partial charge in [-0.25, -0.2) is 4.39 Å². The number of ketones is 1. The average molecular weight is 253 g/mol. The van der Waals surface area contributed by atoms with Gasteiger partial charge in [0.15, 0.2) is 5.78 Å². The van der Waals surface area contributed by atoms with Crippen molar-refractivity contribution in [3.8, 4) is 6.07 Å². The Kier molecular flexibility index (Phi) is 3.29. The highest BCUT2D eigenvalue weighted by Gasteiger charge is 2.34. The number of nitrogens with zero attached hydrogens (tertiary/aromatic N) is 1. The number of hydrogen-bond donors (Lipinski definition) is 2. The number of hydrogen-bond acceptors (Lipinski definition) is 5. The summed E-state index contributed by atoms with van der Waals surface area (Å²) in [7, 11) is 0. The fourth-order valence-corrected chi connectivity index (χ4v) is 2.67. The maximum Gasteiger partial charge on any atom is 0.178 e. The van der Waals surface area contributed by atoms with Crippen LogP contribution in [0.2, 0.25) is 0 Å². The van der Waals surface area contributed by atoms with Crippen LogP contribution in [-0.4, -0.2) is 19.0 Å². The third-order valence-corrected chi connectivity index (χ3v) is 3.79. The molecule has 0 bridgehead atoms. The lowest BCUT2D eigenvalue weighted by molar-refractivity contribution is 0.0972. The van der Waals surface area contributed by atoms with Gasteiger partial charge in [-0.2, -0.15) is 5.26 Å². The first-order chi connectivity index (χ1) is 8.19. The average Bonchev–Trinajstić information content (AvgIpc) is 3.11. The van der Waals surface area contributed by atoms with E-state index < -0.39 is 6.67 Å². The van der Waals surface area contributed by atoms with Gasteiger partial charge in [0.05, 0.1) is 10.6 Å². The van der Waals surface area contributed by atoms with Crippen LogP contribution in [0.25, 0.3) is 0 Å². The normalized spacial score (nSPS) is 14.4. The Balaban J connectivity index is 2.30. The molecule has 1 aliphatic carbocycles. The first-order valence-corrected chi connectivity index (χ1v) is 6.17. The second-order valence-corrected chi connectivity index (χ2v) is 4.94. The summed E-state index contributed by atoms with van der Waals surface area (Å²) in [6, 6.07) is 1.96. The van der Waals surface area contributed by atoms with Gasteiger partial charge in [-0.3, -0.25) is 4.79 Å². The number of alkyl halides is 1. The molecule has 0 radical (unpaired) electrons. The summed E-state index contributed by atoms with van der Waals surface area (Å²) >= 11 is 1.15. The Hall–Kier alpha value is -1.61. The molecule has 1 heterocycles. The molecule has 1 saturated carbocycles. The quantitative estimate of drug-likeness (QED) is 0.788. The fourth-order valence-electron chi connectivity index (χ4n) is 1.55. The molecule has 1 aliphatic rings. The lowest BCUT2D eigenvalue weighted by Gasteiger charge is -1.98. The number of carbonyl (C=O) groups is 1. The smallest absolute Gasteiger partial charge is 0.178 e. The predicted molar refractivity (Wildman–Crippen MR) is 65.0 cm³/mol. The molecule has 0 unspecified atom stereocenters. The minimum Gasteiger partial charge on any atom is -0.396 e. The summed E-state index contributed by atoms with van der Waals surface area (Å²) < 4.78 is 12.1. The summed E-state index contributed by atoms with van der Waals surface area (Å²) in [6.45, 7) is -0.416. The van der Waals surface area contributed by atoms with E-state index in [9.17, 15) is 9.18 Å². The van der Waals surface area contributed by atoms with Gasteiger partial charge in [-0.05, 0) is 12.8 Å². The highest BCUT2D eigenvalue weighted by Crippen LogP contribution is 2.41. The van der Waals surface area contributed by atoms with Crippen LogP contribution in [0.4, 0.5) is 15.1 Å². The van der Waals surface area contributed by atoms with Gasteiger partial charge in [0.2, 0.25) is 0 Å². The molecule has 0 amide bonds. The number of thiophene rings is 1. The van der Waals surface area contributed by atoms with E-state index in [1.54, 1.807) is 0 Å². The van der Waals surface area contributed by atoms with Crippen molar-refractivity contribution in [3.05, 3.63) is 10.4 Å². The van der Waals surface area contributed by atoms with Crippen molar-refractivity contribution in [2.24, 2.45) is 5.92 Å². The molecule has 6 heteroatoms. The first kappa shape index (κ1) is 11.9. The molecule has 2 rings (SSSR count). The third-order valence-electron chi connectivity index (χ3n) is 2.61. The Labute approximate surface area is 102 Å². The second-order valence-electron chi connectivity index (χ2n) is 3.92. The zero-order valence-electron chi connectivity index (χ0n) is 9.12. The SMILES string of the molecule is N#Cc1c(NCCF)sc(C(=O)C2CC2)c1N. The van der Waals surface area contributed by atoms with Gasteiger partial charge in [0, 0.05) is 12.5 Å². The molecule has 0 spiro atoms. The molecular formula is C11H12FN3OS. The summed E-state index contributed by atoms with van der Waals surface area (Å²) in [5, 5.41) is 12.2. The van der Waals surface area contributed by atoms with E-state index in [1.807, 2.05) is 6.07 Å². The van der Waals surface area contributed by atoms with Gasteiger partial charge >= 0.3 is 0 Å². The van der Waals surface area contributed by atoms with Crippen molar-refractivity contribution in [2.45, 2.75) is 12.8 Å². The van der Waals surface area contributed by atoms with E-state index in [0.29, 0.717) is 9.88 Å². The maximum atomic E-state index is 12.1. The predicted octanol–water partition coefficient (Wildman–Crippen LogP) is 2.18. The number of Topliss-reactive ketones (excluding diaryl/α,β-unsaturated/α-hetero) is 1. The number of anilines is 2. The summed E-state index contributed by atoms with van der Waals surface area (Å²) in [5.41, 5.74) is 6.28. The molecule has 90 valence electrons. The number of rotatable bonds is 5. The minimum atomic E-state index is -0.533. The number of halogens is 1. The highest BCUT2D eigenvalue weighted by molar-refractivity contribution is 7.19. The van der Waals surface area contributed by atoms with Crippen LogP contribution in [0.5, 0.6) is 0 Å². The number of nitrogen functional groups attached to an aromatic ring is 1. The monoisotopic (exact) mass is 253 g/mol. The molecule has 3 N–H and O–H groups in total. The number of nitriles is 1. The first-order valence-electron chi connectivity index (χ1n) is 5.35. The van der Waals surface area contributed by atoms with Gasteiger partial charge in [-0.1, -0.05) is 0 Å². The van der Waals surface area contributed by atoms with Gasteiger partial charge in [-0.15, -0.1) is 11.3 Å². The van der Waals surface area contributed by atoms with Crippen molar-refractivity contribution in [2.75, 3.05) is 24.3 Å². The van der Waals surface area contributed by atoms with Gasteiger partial charge in [0.1, 0.15) is 23.3 Å². The fraction of sp³-hybridized carbons (Fsp3) is 0.455. The molecule has 0 aliphatic heterocycles. The van der Waals surface area contributed by atoms with Crippen molar-refractivity contribution in [1.82, 2.24) is 0 Å². The molecule has 4 nitrogen and oxygen atoms in total. The molecular weight excluding hydrogens is 241 g/mol. The van der Waals surface area contributed by atoms with E-state index >= 15 is 0 Å². The molecule has 1 aromatic heterocycles. The number of nitrogens with one attached hydrogen (secondary N) is 1. The Morgan fingerprint density at radius 1 is 1.65 bits per heavy atom. The largest absolute Gasteiger partial charge is 0.396 e. The molecule has 0 aromatic carbocycles. The number of carbonyl (C=O) groups excluding carboxylic acids is 1. The van der Waals surface area contributed by atoms with E-state index in [2.05, 4.69) is 5.32 Å². The summed E-state index contributed by atoms with van der Waals surface area (Å²) in [5.74, 6) is 0.0776. The Morgan fingerprint density at radius 3 is 2.88 bits per heavy atom. The summed E-state index contributed by atoms with van der Waals surface area (Å²) in [4.78, 5) is 12.3. The van der Waals surface area contributed by atoms with Crippen molar-refractivity contribution in [3.63, 3.8) is 0 Å². The third kappa shape index (κ3) is 2.24. The van der Waals surface area contributed by atoms with Crippen LogP contribution < -0.4 is 11.1 Å². The van der Waals surface area contributed by atoms with Crippen LogP contribution in [-0.2, 0) is 0 Å². The minimum absolute atomic E-state index is 0.0114. The van der Waals surface area contributed by atoms with E-state index in [-0.39, 0.29) is 29.5 Å². The zero-order chi connectivity index (χ0) is 12.4. The van der Waals surface area contributed by atoms with Gasteiger partial charge < -0.3 is 11.1 Å². The summed E-state index contributed by atoms with van der Waals surface area (Å²) in [6.07, 6.45) is 1.79. The van der Waals surface area contributed by atoms with E-state index in [1.165, 1.54) is 0 Å². The maximum absolute atomic E-state index is 12.1. The van der Waals surface area contributed by atoms with Crippen molar-refractivity contribution in [1.29, 1.82) is 5.26 Å². The van der Waals surface area contributed by atoms with E-state index in [4.69, 9.17) is 11.0 Å². The lowest BCUT2D eigenvalue weighted by Crippen LogP contribution is -2.03. The van der Waals surface area contributed by atoms with Crippen LogP contribution in [0.3, 0.4) is 0 Å². The highest BCUT2D eigenvalue weighted by atomic mass is 32.1. The topological polar surface area (TPSA) is 78.9 Å².